The number of nitro benzene ring substituents is 1. The highest BCUT2D eigenvalue weighted by Gasteiger charge is 2.15. The van der Waals surface area contributed by atoms with E-state index < -0.39 is 10.5 Å². The minimum absolute atomic E-state index is 0.0429. The number of nitrogens with one attached hydrogen (secondary N) is 2. The summed E-state index contributed by atoms with van der Waals surface area (Å²) in [5, 5.41) is 22.8. The van der Waals surface area contributed by atoms with Crippen LogP contribution in [0.5, 0.6) is 5.75 Å². The zero-order valence-corrected chi connectivity index (χ0v) is 14.8. The molecule has 3 aromatic rings. The summed E-state index contributed by atoms with van der Waals surface area (Å²) >= 11 is 0. The molecule has 0 bridgehead atoms. The quantitative estimate of drug-likeness (QED) is 0.365. The number of hydrazone groups is 1. The molecule has 0 saturated heterocycles. The first kappa shape index (κ1) is 18.7. The van der Waals surface area contributed by atoms with Crippen LogP contribution in [0.3, 0.4) is 0 Å². The summed E-state index contributed by atoms with van der Waals surface area (Å²) in [4.78, 5) is 25.3. The number of benzene rings is 2. The SMILES string of the molecule is CCOc1ccc(/C=N/Nc2nnc(-c3ccccc3)c(=O)[nH]2)cc1[N+](=O)[O-]. The molecule has 0 unspecified atom stereocenters. The van der Waals surface area contributed by atoms with Gasteiger partial charge < -0.3 is 4.74 Å². The number of nitrogens with zero attached hydrogens (tertiary/aromatic N) is 4. The van der Waals surface area contributed by atoms with Crippen LogP contribution in [0.1, 0.15) is 12.5 Å². The maximum absolute atomic E-state index is 12.2. The lowest BCUT2D eigenvalue weighted by molar-refractivity contribution is -0.385. The summed E-state index contributed by atoms with van der Waals surface area (Å²) in [6.45, 7) is 2.06. The first-order valence-electron chi connectivity index (χ1n) is 8.31. The van der Waals surface area contributed by atoms with Crippen molar-refractivity contribution in [3.63, 3.8) is 0 Å². The number of hydrogen-bond donors (Lipinski definition) is 2. The Bertz CT molecular complexity index is 1070. The van der Waals surface area contributed by atoms with Gasteiger partial charge in [-0.15, -0.1) is 10.2 Å². The Hall–Kier alpha value is -4.08. The van der Waals surface area contributed by atoms with Crippen molar-refractivity contribution in [1.82, 2.24) is 15.2 Å². The number of ether oxygens (including phenoxy) is 1. The van der Waals surface area contributed by atoms with E-state index in [0.717, 1.165) is 0 Å². The van der Waals surface area contributed by atoms with E-state index in [-0.39, 0.29) is 23.1 Å². The summed E-state index contributed by atoms with van der Waals surface area (Å²) < 4.78 is 5.23. The van der Waals surface area contributed by atoms with Gasteiger partial charge in [-0.25, -0.2) is 5.43 Å². The number of aromatic amines is 1. The molecule has 0 saturated carbocycles. The van der Waals surface area contributed by atoms with Crippen LogP contribution >= 0.6 is 0 Å². The summed E-state index contributed by atoms with van der Waals surface area (Å²) in [5.74, 6) is 0.227. The molecular formula is C18H16N6O4. The summed E-state index contributed by atoms with van der Waals surface area (Å²) in [6.07, 6.45) is 1.35. The molecule has 10 heteroatoms. The highest BCUT2D eigenvalue weighted by Crippen LogP contribution is 2.27. The summed E-state index contributed by atoms with van der Waals surface area (Å²) in [6, 6.07) is 13.4. The molecule has 0 fully saturated rings. The second kappa shape index (κ2) is 8.54. The van der Waals surface area contributed by atoms with Gasteiger partial charge in [-0.05, 0) is 19.1 Å². The number of aromatic nitrogens is 3. The van der Waals surface area contributed by atoms with E-state index >= 15 is 0 Å². The number of anilines is 1. The lowest BCUT2D eigenvalue weighted by Gasteiger charge is -2.04. The maximum atomic E-state index is 12.2. The monoisotopic (exact) mass is 380 g/mol. The third kappa shape index (κ3) is 4.36. The average molecular weight is 380 g/mol. The van der Waals surface area contributed by atoms with E-state index in [4.69, 9.17) is 4.74 Å². The Morgan fingerprint density at radius 1 is 1.25 bits per heavy atom. The molecule has 0 amide bonds. The minimum Gasteiger partial charge on any atom is -0.487 e. The second-order valence-electron chi connectivity index (χ2n) is 5.50. The molecule has 2 N–H and O–H groups in total. The molecule has 28 heavy (non-hydrogen) atoms. The first-order chi connectivity index (χ1) is 13.6. The van der Waals surface area contributed by atoms with Crippen molar-refractivity contribution in [1.29, 1.82) is 0 Å². The lowest BCUT2D eigenvalue weighted by Crippen LogP contribution is -2.15. The van der Waals surface area contributed by atoms with Crippen LogP contribution in [0.4, 0.5) is 11.6 Å². The van der Waals surface area contributed by atoms with Crippen molar-refractivity contribution in [2.24, 2.45) is 5.10 Å². The number of H-pyrrole nitrogens is 1. The molecular weight excluding hydrogens is 364 g/mol. The van der Waals surface area contributed by atoms with Crippen LogP contribution in [0.15, 0.2) is 58.4 Å². The third-order valence-electron chi connectivity index (χ3n) is 3.61. The van der Waals surface area contributed by atoms with Gasteiger partial charge in [-0.1, -0.05) is 30.3 Å². The van der Waals surface area contributed by atoms with Gasteiger partial charge in [0.25, 0.3) is 5.56 Å². The molecule has 10 nitrogen and oxygen atoms in total. The van der Waals surface area contributed by atoms with E-state index in [1.54, 1.807) is 37.3 Å². The Balaban J connectivity index is 1.74. The van der Waals surface area contributed by atoms with Gasteiger partial charge in [0.15, 0.2) is 11.4 Å². The van der Waals surface area contributed by atoms with Gasteiger partial charge >= 0.3 is 5.69 Å². The van der Waals surface area contributed by atoms with Gasteiger partial charge in [0.2, 0.25) is 5.95 Å². The van der Waals surface area contributed by atoms with Crippen molar-refractivity contribution >= 4 is 17.9 Å². The molecule has 0 atom stereocenters. The van der Waals surface area contributed by atoms with E-state index in [1.807, 2.05) is 6.07 Å². The summed E-state index contributed by atoms with van der Waals surface area (Å²) in [5.41, 5.74) is 3.27. The molecule has 0 radical (unpaired) electrons. The van der Waals surface area contributed by atoms with Crippen LogP contribution in [0.2, 0.25) is 0 Å². The molecule has 2 aromatic carbocycles. The average Bonchev–Trinajstić information content (AvgIpc) is 2.70. The van der Waals surface area contributed by atoms with Gasteiger partial charge in [0.1, 0.15) is 0 Å². The molecule has 3 rings (SSSR count). The van der Waals surface area contributed by atoms with E-state index in [0.29, 0.717) is 17.7 Å². The van der Waals surface area contributed by atoms with Crippen LogP contribution in [-0.2, 0) is 0 Å². The smallest absolute Gasteiger partial charge is 0.311 e. The van der Waals surface area contributed by atoms with E-state index in [1.165, 1.54) is 18.3 Å². The zero-order valence-electron chi connectivity index (χ0n) is 14.8. The number of nitro groups is 1. The van der Waals surface area contributed by atoms with Crippen LogP contribution in [0, 0.1) is 10.1 Å². The molecule has 1 heterocycles. The van der Waals surface area contributed by atoms with E-state index in [9.17, 15) is 14.9 Å². The Kier molecular flexibility index (Phi) is 5.70. The highest BCUT2D eigenvalue weighted by molar-refractivity contribution is 5.82. The molecule has 0 aliphatic heterocycles. The fourth-order valence-corrected chi connectivity index (χ4v) is 2.38. The summed E-state index contributed by atoms with van der Waals surface area (Å²) in [7, 11) is 0. The minimum atomic E-state index is -0.527. The predicted molar refractivity (Wildman–Crippen MR) is 104 cm³/mol. The second-order valence-corrected chi connectivity index (χ2v) is 5.50. The molecule has 0 aliphatic carbocycles. The normalized spacial score (nSPS) is 10.8. The highest BCUT2D eigenvalue weighted by atomic mass is 16.6. The zero-order chi connectivity index (χ0) is 19.9. The Morgan fingerprint density at radius 3 is 2.71 bits per heavy atom. The van der Waals surface area contributed by atoms with Crippen molar-refractivity contribution in [3.8, 4) is 17.0 Å². The fraction of sp³-hybridized carbons (Fsp3) is 0.111. The standard InChI is InChI=1S/C18H16N6O4/c1-2-28-15-9-8-12(10-14(15)24(26)27)11-19-22-18-20-17(25)16(21-23-18)13-6-4-3-5-7-13/h3-11H,2H2,1H3,(H2,20,22,23,25)/b19-11+. The molecule has 0 aliphatic rings. The van der Waals surface area contributed by atoms with Crippen molar-refractivity contribution in [2.75, 3.05) is 12.0 Å². The van der Waals surface area contributed by atoms with Gasteiger partial charge in [-0.3, -0.25) is 19.9 Å². The Labute approximate surface area is 159 Å². The van der Waals surface area contributed by atoms with Gasteiger partial charge in [0, 0.05) is 17.2 Å². The lowest BCUT2D eigenvalue weighted by atomic mass is 10.2. The Morgan fingerprint density at radius 2 is 2.04 bits per heavy atom. The van der Waals surface area contributed by atoms with Gasteiger partial charge in [-0.2, -0.15) is 5.10 Å². The first-order valence-corrected chi connectivity index (χ1v) is 8.31. The third-order valence-corrected chi connectivity index (χ3v) is 3.61. The number of hydrogen-bond acceptors (Lipinski definition) is 8. The molecule has 0 spiro atoms. The van der Waals surface area contributed by atoms with Crippen LogP contribution in [0.25, 0.3) is 11.3 Å². The molecule has 142 valence electrons. The number of rotatable bonds is 7. The molecule has 1 aromatic heterocycles. The van der Waals surface area contributed by atoms with Crippen LogP contribution < -0.4 is 15.7 Å². The van der Waals surface area contributed by atoms with E-state index in [2.05, 4.69) is 25.7 Å². The topological polar surface area (TPSA) is 135 Å². The predicted octanol–water partition coefficient (Wildman–Crippen LogP) is 2.58. The maximum Gasteiger partial charge on any atom is 0.311 e. The van der Waals surface area contributed by atoms with Gasteiger partial charge in [0.05, 0.1) is 17.7 Å². The van der Waals surface area contributed by atoms with Crippen molar-refractivity contribution in [2.45, 2.75) is 6.92 Å². The van der Waals surface area contributed by atoms with Crippen molar-refractivity contribution < 1.29 is 9.66 Å². The largest absolute Gasteiger partial charge is 0.487 e. The van der Waals surface area contributed by atoms with Crippen molar-refractivity contribution in [3.05, 3.63) is 74.6 Å². The van der Waals surface area contributed by atoms with Crippen LogP contribution in [-0.4, -0.2) is 32.9 Å². The fourth-order valence-electron chi connectivity index (χ4n) is 2.38.